The van der Waals surface area contributed by atoms with E-state index in [0.717, 1.165) is 17.1 Å². The molecule has 57 heavy (non-hydrogen) atoms. The third kappa shape index (κ3) is 5.72. The Bertz CT molecular complexity index is 3240. The number of fused-ring (bicyclic) bond motifs is 8. The van der Waals surface area contributed by atoms with Gasteiger partial charge in [0.2, 0.25) is 0 Å². The summed E-state index contributed by atoms with van der Waals surface area (Å²) in [6.07, 6.45) is 0. The molecular weight excluding hydrogens is 687 g/mol. The van der Waals surface area contributed by atoms with Gasteiger partial charge in [-0.25, -0.2) is 0 Å². The van der Waals surface area contributed by atoms with E-state index >= 15 is 0 Å². The fourth-order valence-electron chi connectivity index (χ4n) is 8.89. The largest absolute Gasteiger partial charge is 0.310 e. The number of anilines is 3. The predicted octanol–water partition coefficient (Wildman–Crippen LogP) is 15.9. The molecule has 0 saturated carbocycles. The summed E-state index contributed by atoms with van der Waals surface area (Å²) in [4.78, 5) is 2.38. The lowest BCUT2D eigenvalue weighted by Gasteiger charge is -2.26. The van der Waals surface area contributed by atoms with Gasteiger partial charge in [0.1, 0.15) is 0 Å². The molecule has 0 unspecified atom stereocenters. The highest BCUT2D eigenvalue weighted by atomic mass is 15.1. The van der Waals surface area contributed by atoms with E-state index in [4.69, 9.17) is 0 Å². The molecule has 0 heterocycles. The zero-order chi connectivity index (χ0) is 37.7. The van der Waals surface area contributed by atoms with Crippen LogP contribution in [0.15, 0.2) is 224 Å². The van der Waals surface area contributed by atoms with Gasteiger partial charge in [0.25, 0.3) is 0 Å². The normalized spacial score (nSPS) is 11.5. The Labute approximate surface area is 332 Å². The standard InChI is InChI=1S/C56H37N/c1-3-18-47-39(12-1)14-10-24-49(47)41-28-33-45(34-29-41)57(46-17-9-16-43(36-46)50-25-11-15-40-13-2-4-19-48(40)50)44-31-26-38(27-32-44)42-30-35-55-53-22-6-5-20-51(53)52-21-7-8-23-54(52)56(55)37-42/h1-37H. The lowest BCUT2D eigenvalue weighted by Crippen LogP contribution is -2.10. The fraction of sp³-hybridized carbons (Fsp3) is 0. The number of rotatable bonds is 6. The molecule has 0 spiro atoms. The third-order valence-corrected chi connectivity index (χ3v) is 11.6. The molecule has 1 heteroatoms. The van der Waals surface area contributed by atoms with E-state index in [1.807, 2.05) is 0 Å². The highest BCUT2D eigenvalue weighted by molar-refractivity contribution is 6.25. The average molecular weight is 724 g/mol. The zero-order valence-corrected chi connectivity index (χ0v) is 31.3. The molecule has 11 aromatic rings. The highest BCUT2D eigenvalue weighted by Gasteiger charge is 2.16. The highest BCUT2D eigenvalue weighted by Crippen LogP contribution is 2.41. The Morgan fingerprint density at radius 3 is 1.21 bits per heavy atom. The minimum Gasteiger partial charge on any atom is -0.310 e. The first-order chi connectivity index (χ1) is 28.3. The summed E-state index contributed by atoms with van der Waals surface area (Å²) in [5.74, 6) is 0. The van der Waals surface area contributed by atoms with Gasteiger partial charge in [-0.05, 0) is 130 Å². The molecule has 0 atom stereocenters. The molecule has 0 fully saturated rings. The van der Waals surface area contributed by atoms with Crippen LogP contribution in [-0.2, 0) is 0 Å². The van der Waals surface area contributed by atoms with Crippen molar-refractivity contribution in [2.45, 2.75) is 0 Å². The maximum atomic E-state index is 2.38. The lowest BCUT2D eigenvalue weighted by molar-refractivity contribution is 1.28. The Morgan fingerprint density at radius 2 is 0.632 bits per heavy atom. The maximum absolute atomic E-state index is 2.38. The van der Waals surface area contributed by atoms with Crippen LogP contribution < -0.4 is 4.90 Å². The molecule has 0 saturated heterocycles. The molecule has 1 nitrogen and oxygen atoms in total. The van der Waals surface area contributed by atoms with Crippen molar-refractivity contribution < 1.29 is 0 Å². The lowest BCUT2D eigenvalue weighted by atomic mass is 9.92. The van der Waals surface area contributed by atoms with Crippen LogP contribution in [0.2, 0.25) is 0 Å². The first kappa shape index (κ1) is 32.9. The van der Waals surface area contributed by atoms with E-state index in [1.54, 1.807) is 0 Å². The number of benzene rings is 11. The van der Waals surface area contributed by atoms with E-state index in [9.17, 15) is 0 Å². The molecular formula is C56H37N. The first-order valence-corrected chi connectivity index (χ1v) is 19.7. The van der Waals surface area contributed by atoms with Crippen molar-refractivity contribution in [3.8, 4) is 33.4 Å². The van der Waals surface area contributed by atoms with E-state index in [-0.39, 0.29) is 0 Å². The van der Waals surface area contributed by atoms with Gasteiger partial charge in [-0.1, -0.05) is 182 Å². The summed E-state index contributed by atoms with van der Waals surface area (Å²) in [6.45, 7) is 0. The smallest absolute Gasteiger partial charge is 0.0467 e. The number of hydrogen-bond donors (Lipinski definition) is 0. The van der Waals surface area contributed by atoms with Crippen molar-refractivity contribution in [2.24, 2.45) is 0 Å². The van der Waals surface area contributed by atoms with E-state index in [1.165, 1.54) is 87.2 Å². The van der Waals surface area contributed by atoms with Crippen molar-refractivity contribution >= 4 is 70.9 Å². The average Bonchev–Trinajstić information content (AvgIpc) is 3.29. The molecule has 0 N–H and O–H groups in total. The van der Waals surface area contributed by atoms with Crippen LogP contribution in [0.1, 0.15) is 0 Å². The maximum Gasteiger partial charge on any atom is 0.0467 e. The van der Waals surface area contributed by atoms with Gasteiger partial charge in [0, 0.05) is 17.1 Å². The van der Waals surface area contributed by atoms with Crippen LogP contribution in [0.5, 0.6) is 0 Å². The fourth-order valence-corrected chi connectivity index (χ4v) is 8.89. The Morgan fingerprint density at radius 1 is 0.211 bits per heavy atom. The predicted molar refractivity (Wildman–Crippen MR) is 245 cm³/mol. The van der Waals surface area contributed by atoms with Crippen LogP contribution >= 0.6 is 0 Å². The second-order valence-corrected chi connectivity index (χ2v) is 14.9. The summed E-state index contributed by atoms with van der Waals surface area (Å²) < 4.78 is 0. The molecule has 11 aromatic carbocycles. The van der Waals surface area contributed by atoms with Crippen LogP contribution in [0.3, 0.4) is 0 Å². The van der Waals surface area contributed by atoms with E-state index in [2.05, 4.69) is 229 Å². The topological polar surface area (TPSA) is 3.24 Å². The van der Waals surface area contributed by atoms with Gasteiger partial charge < -0.3 is 4.90 Å². The summed E-state index contributed by atoms with van der Waals surface area (Å²) in [7, 11) is 0. The van der Waals surface area contributed by atoms with Crippen molar-refractivity contribution in [3.05, 3.63) is 224 Å². The third-order valence-electron chi connectivity index (χ3n) is 11.6. The van der Waals surface area contributed by atoms with Gasteiger partial charge in [-0.3, -0.25) is 0 Å². The summed E-state index contributed by atoms with van der Waals surface area (Å²) in [6, 6.07) is 82.0. The van der Waals surface area contributed by atoms with Crippen molar-refractivity contribution in [1.82, 2.24) is 0 Å². The first-order valence-electron chi connectivity index (χ1n) is 19.7. The van der Waals surface area contributed by atoms with Crippen molar-refractivity contribution in [1.29, 1.82) is 0 Å². The van der Waals surface area contributed by atoms with Crippen LogP contribution in [0.4, 0.5) is 17.1 Å². The minimum absolute atomic E-state index is 1.10. The van der Waals surface area contributed by atoms with Crippen LogP contribution in [0.25, 0.3) is 87.2 Å². The number of nitrogens with zero attached hydrogens (tertiary/aromatic N) is 1. The van der Waals surface area contributed by atoms with E-state index in [0.29, 0.717) is 0 Å². The molecule has 0 radical (unpaired) electrons. The molecule has 0 aliphatic heterocycles. The van der Waals surface area contributed by atoms with Gasteiger partial charge in [0.15, 0.2) is 0 Å². The Balaban J connectivity index is 1.03. The summed E-state index contributed by atoms with van der Waals surface area (Å²) in [5, 5.41) is 12.7. The SMILES string of the molecule is c1cc(-c2cccc3ccccc23)cc(N(c2ccc(-c3ccc4c5ccccc5c5ccccc5c4c3)cc2)c2ccc(-c3cccc4ccccc34)cc2)c1. The van der Waals surface area contributed by atoms with Crippen molar-refractivity contribution in [3.63, 3.8) is 0 Å². The second kappa shape index (κ2) is 13.7. The van der Waals surface area contributed by atoms with Gasteiger partial charge in [-0.2, -0.15) is 0 Å². The van der Waals surface area contributed by atoms with E-state index < -0.39 is 0 Å². The van der Waals surface area contributed by atoms with Gasteiger partial charge >= 0.3 is 0 Å². The summed E-state index contributed by atoms with van der Waals surface area (Å²) in [5.41, 5.74) is 10.6. The second-order valence-electron chi connectivity index (χ2n) is 14.9. The Kier molecular flexibility index (Phi) is 7.89. The van der Waals surface area contributed by atoms with Gasteiger partial charge in [-0.15, -0.1) is 0 Å². The zero-order valence-electron chi connectivity index (χ0n) is 31.3. The monoisotopic (exact) mass is 723 g/mol. The van der Waals surface area contributed by atoms with Crippen LogP contribution in [0, 0.1) is 0 Å². The van der Waals surface area contributed by atoms with Crippen molar-refractivity contribution in [2.75, 3.05) is 4.90 Å². The molecule has 0 aromatic heterocycles. The molecule has 0 bridgehead atoms. The van der Waals surface area contributed by atoms with Gasteiger partial charge in [0.05, 0.1) is 0 Å². The molecule has 0 aliphatic rings. The molecule has 266 valence electrons. The minimum atomic E-state index is 1.10. The van der Waals surface area contributed by atoms with Crippen LogP contribution in [-0.4, -0.2) is 0 Å². The molecule has 0 aliphatic carbocycles. The Hall–Kier alpha value is -7.48. The summed E-state index contributed by atoms with van der Waals surface area (Å²) >= 11 is 0. The molecule has 11 rings (SSSR count). The molecule has 0 amide bonds. The number of hydrogen-bond acceptors (Lipinski definition) is 1. The quantitative estimate of drug-likeness (QED) is 0.154.